The number of rotatable bonds is 10. The Balaban J connectivity index is 1.76. The predicted molar refractivity (Wildman–Crippen MR) is 87.8 cm³/mol. The minimum Gasteiger partial charge on any atom is -0.379 e. The minimum absolute atomic E-state index is 0.785. The third-order valence-corrected chi connectivity index (χ3v) is 3.94. The summed E-state index contributed by atoms with van der Waals surface area (Å²) in [6, 6.07) is 4.29. The summed E-state index contributed by atoms with van der Waals surface area (Å²) in [4.78, 5) is 6.88. The minimum atomic E-state index is 0.785. The Labute approximate surface area is 128 Å². The number of likely N-dealkylation sites (N-methyl/N-ethyl adjacent to an activating group) is 1. The number of anilines is 1. The Morgan fingerprint density at radius 1 is 1.38 bits per heavy atom. The van der Waals surface area contributed by atoms with E-state index in [4.69, 9.17) is 9.72 Å². The number of hydrogen-bond acceptors (Lipinski definition) is 4. The molecule has 21 heavy (non-hydrogen) atoms. The molecule has 2 rings (SSSR count). The number of nitrogens with one attached hydrogen (secondary N) is 1. The van der Waals surface area contributed by atoms with Gasteiger partial charge in [-0.05, 0) is 50.3 Å². The van der Waals surface area contributed by atoms with Gasteiger partial charge in [0.1, 0.15) is 5.82 Å². The molecule has 1 fully saturated rings. The fourth-order valence-electron chi connectivity index (χ4n) is 2.23. The third kappa shape index (κ3) is 5.64. The van der Waals surface area contributed by atoms with Crippen LogP contribution in [0.2, 0.25) is 0 Å². The maximum Gasteiger partial charge on any atom is 0.128 e. The van der Waals surface area contributed by atoms with Crippen molar-refractivity contribution in [3.63, 3.8) is 0 Å². The zero-order chi connectivity index (χ0) is 15.1. The van der Waals surface area contributed by atoms with Crippen LogP contribution in [0, 0.1) is 12.8 Å². The Morgan fingerprint density at radius 2 is 2.19 bits per heavy atom. The zero-order valence-corrected chi connectivity index (χ0v) is 13.7. The lowest BCUT2D eigenvalue weighted by Crippen LogP contribution is -2.24. The maximum absolute atomic E-state index is 5.69. The van der Waals surface area contributed by atoms with Crippen LogP contribution >= 0.6 is 0 Å². The number of aromatic nitrogens is 1. The van der Waals surface area contributed by atoms with Gasteiger partial charge in [0.2, 0.25) is 0 Å². The van der Waals surface area contributed by atoms with Crippen molar-refractivity contribution in [3.8, 4) is 0 Å². The highest BCUT2D eigenvalue weighted by molar-refractivity contribution is 5.40. The van der Waals surface area contributed by atoms with Crippen molar-refractivity contribution >= 4 is 5.82 Å². The van der Waals surface area contributed by atoms with Crippen LogP contribution in [0.1, 0.15) is 37.4 Å². The average molecular weight is 291 g/mol. The fraction of sp³-hybridized carbons (Fsp3) is 0.706. The van der Waals surface area contributed by atoms with E-state index in [0.717, 1.165) is 56.7 Å². The van der Waals surface area contributed by atoms with E-state index >= 15 is 0 Å². The second kappa shape index (κ2) is 8.35. The first-order valence-electron chi connectivity index (χ1n) is 8.16. The van der Waals surface area contributed by atoms with Crippen LogP contribution in [-0.4, -0.2) is 38.3 Å². The van der Waals surface area contributed by atoms with Gasteiger partial charge in [-0.2, -0.15) is 0 Å². The van der Waals surface area contributed by atoms with E-state index in [1.165, 1.54) is 18.4 Å². The molecule has 1 aromatic rings. The third-order valence-electron chi connectivity index (χ3n) is 3.94. The molecule has 0 unspecified atom stereocenters. The molecule has 0 spiro atoms. The molecule has 4 nitrogen and oxygen atoms in total. The van der Waals surface area contributed by atoms with Crippen molar-refractivity contribution in [2.24, 2.45) is 5.92 Å². The highest BCUT2D eigenvalue weighted by Gasteiger charge is 2.21. The largest absolute Gasteiger partial charge is 0.379 e. The molecular weight excluding hydrogens is 262 g/mol. The molecule has 0 aromatic carbocycles. The van der Waals surface area contributed by atoms with Crippen molar-refractivity contribution < 1.29 is 4.74 Å². The van der Waals surface area contributed by atoms with Gasteiger partial charge in [-0.25, -0.2) is 4.98 Å². The Kier molecular flexibility index (Phi) is 6.46. The summed E-state index contributed by atoms with van der Waals surface area (Å²) < 4.78 is 5.69. The molecule has 1 aromatic heterocycles. The average Bonchev–Trinajstić information content (AvgIpc) is 3.29. The number of hydrogen-bond donors (Lipinski definition) is 1. The van der Waals surface area contributed by atoms with Gasteiger partial charge >= 0.3 is 0 Å². The van der Waals surface area contributed by atoms with E-state index in [2.05, 4.69) is 43.2 Å². The van der Waals surface area contributed by atoms with Crippen LogP contribution in [0.5, 0.6) is 0 Å². The standard InChI is InChI=1S/C17H29N3O/c1-4-9-18-12-16-7-8-17(19-14(16)2)20(3)10-11-21-13-15-5-6-15/h7-8,15,18H,4-6,9-13H2,1-3H3. The molecule has 118 valence electrons. The van der Waals surface area contributed by atoms with E-state index in [1.54, 1.807) is 0 Å². The van der Waals surface area contributed by atoms with E-state index in [-0.39, 0.29) is 0 Å². The highest BCUT2D eigenvalue weighted by atomic mass is 16.5. The van der Waals surface area contributed by atoms with Crippen LogP contribution in [-0.2, 0) is 11.3 Å². The molecule has 0 bridgehead atoms. The van der Waals surface area contributed by atoms with Crippen LogP contribution in [0.15, 0.2) is 12.1 Å². The van der Waals surface area contributed by atoms with Gasteiger partial charge in [0.25, 0.3) is 0 Å². The monoisotopic (exact) mass is 291 g/mol. The van der Waals surface area contributed by atoms with Gasteiger partial charge in [0.05, 0.1) is 6.61 Å². The molecule has 1 N–H and O–H groups in total. The second-order valence-electron chi connectivity index (χ2n) is 6.03. The number of aryl methyl sites for hydroxylation is 1. The van der Waals surface area contributed by atoms with Crippen molar-refractivity contribution in [1.82, 2.24) is 10.3 Å². The summed E-state index contributed by atoms with van der Waals surface area (Å²) in [6.07, 6.45) is 3.86. The molecule has 0 amide bonds. The number of pyridine rings is 1. The predicted octanol–water partition coefficient (Wildman–Crippen LogP) is 2.75. The molecule has 0 radical (unpaired) electrons. The van der Waals surface area contributed by atoms with E-state index in [1.807, 2.05) is 0 Å². The number of ether oxygens (including phenoxy) is 1. The lowest BCUT2D eigenvalue weighted by atomic mass is 10.2. The van der Waals surface area contributed by atoms with Gasteiger partial charge < -0.3 is 15.0 Å². The first-order chi connectivity index (χ1) is 10.2. The maximum atomic E-state index is 5.69. The van der Waals surface area contributed by atoms with Gasteiger partial charge in [-0.15, -0.1) is 0 Å². The van der Waals surface area contributed by atoms with Crippen molar-refractivity contribution in [2.45, 2.75) is 39.7 Å². The van der Waals surface area contributed by atoms with Crippen molar-refractivity contribution in [1.29, 1.82) is 0 Å². The van der Waals surface area contributed by atoms with Crippen molar-refractivity contribution in [3.05, 3.63) is 23.4 Å². The number of nitrogens with zero attached hydrogens (tertiary/aromatic N) is 2. The molecule has 1 aliphatic carbocycles. The van der Waals surface area contributed by atoms with Gasteiger partial charge in [-0.1, -0.05) is 13.0 Å². The summed E-state index contributed by atoms with van der Waals surface area (Å²) in [6.45, 7) is 8.84. The molecule has 0 atom stereocenters. The second-order valence-corrected chi connectivity index (χ2v) is 6.03. The first kappa shape index (κ1) is 16.2. The van der Waals surface area contributed by atoms with Crippen LogP contribution < -0.4 is 10.2 Å². The SMILES string of the molecule is CCCNCc1ccc(N(C)CCOCC2CC2)nc1C. The van der Waals surface area contributed by atoms with Gasteiger partial charge in [-0.3, -0.25) is 0 Å². The summed E-state index contributed by atoms with van der Waals surface area (Å²) >= 11 is 0. The molecule has 1 aliphatic rings. The van der Waals surface area contributed by atoms with Gasteiger partial charge in [0, 0.05) is 32.4 Å². The molecular formula is C17H29N3O. The van der Waals surface area contributed by atoms with Crippen LogP contribution in [0.4, 0.5) is 5.82 Å². The van der Waals surface area contributed by atoms with E-state index in [9.17, 15) is 0 Å². The fourth-order valence-corrected chi connectivity index (χ4v) is 2.23. The van der Waals surface area contributed by atoms with E-state index in [0.29, 0.717) is 0 Å². The lowest BCUT2D eigenvalue weighted by molar-refractivity contribution is 0.131. The highest BCUT2D eigenvalue weighted by Crippen LogP contribution is 2.28. The Bertz CT molecular complexity index is 432. The Morgan fingerprint density at radius 3 is 2.86 bits per heavy atom. The molecule has 4 heteroatoms. The summed E-state index contributed by atoms with van der Waals surface area (Å²) in [7, 11) is 2.08. The molecule has 1 heterocycles. The molecule has 1 saturated carbocycles. The molecule has 0 aliphatic heterocycles. The van der Waals surface area contributed by atoms with E-state index < -0.39 is 0 Å². The molecule has 0 saturated heterocycles. The summed E-state index contributed by atoms with van der Waals surface area (Å²) in [5.74, 6) is 1.87. The summed E-state index contributed by atoms with van der Waals surface area (Å²) in [5.41, 5.74) is 2.40. The van der Waals surface area contributed by atoms with Crippen LogP contribution in [0.25, 0.3) is 0 Å². The zero-order valence-electron chi connectivity index (χ0n) is 13.7. The normalized spacial score (nSPS) is 14.4. The first-order valence-corrected chi connectivity index (χ1v) is 8.16. The van der Waals surface area contributed by atoms with Crippen LogP contribution in [0.3, 0.4) is 0 Å². The topological polar surface area (TPSA) is 37.4 Å². The quantitative estimate of drug-likeness (QED) is 0.673. The Hall–Kier alpha value is -1.13. The summed E-state index contributed by atoms with van der Waals surface area (Å²) in [5, 5.41) is 3.43. The smallest absolute Gasteiger partial charge is 0.128 e. The van der Waals surface area contributed by atoms with Gasteiger partial charge in [0.15, 0.2) is 0 Å². The lowest BCUT2D eigenvalue weighted by Gasteiger charge is -2.19. The van der Waals surface area contributed by atoms with Crippen molar-refractivity contribution in [2.75, 3.05) is 38.3 Å².